The quantitative estimate of drug-likeness (QED) is 0.154. The lowest BCUT2D eigenvalue weighted by atomic mass is 9.85. The fraction of sp³-hybridized carbons (Fsp3) is 1.00. The van der Waals surface area contributed by atoms with Crippen LogP contribution in [-0.2, 0) is 0 Å². The molecule has 4 aliphatic heterocycles. The zero-order chi connectivity index (χ0) is 24.0. The Kier molecular flexibility index (Phi) is 13.3. The third kappa shape index (κ3) is 10.1. The van der Waals surface area contributed by atoms with Gasteiger partial charge in [0.25, 0.3) is 0 Å². The van der Waals surface area contributed by atoms with E-state index in [2.05, 4.69) is 19.2 Å². The first kappa shape index (κ1) is 28.5. The molecule has 1 N–H and O–H groups in total. The summed E-state index contributed by atoms with van der Waals surface area (Å²) in [7, 11) is 0. The molecule has 4 rings (SSSR count). The number of unbranched alkanes of at least 4 members (excludes halogenated alkanes) is 10. The summed E-state index contributed by atoms with van der Waals surface area (Å²) >= 11 is 0. The van der Waals surface area contributed by atoms with Gasteiger partial charge in [0.05, 0.1) is 52.4 Å². The van der Waals surface area contributed by atoms with Crippen molar-refractivity contribution in [3.63, 3.8) is 0 Å². The highest BCUT2D eigenvalue weighted by Gasteiger charge is 2.38. The predicted molar refractivity (Wildman–Crippen MR) is 149 cm³/mol. The molecule has 0 amide bonds. The van der Waals surface area contributed by atoms with Crippen molar-refractivity contribution < 1.29 is 8.97 Å². The van der Waals surface area contributed by atoms with E-state index < -0.39 is 0 Å². The molecule has 0 aromatic carbocycles. The normalized spacial score (nSPS) is 27.2. The van der Waals surface area contributed by atoms with E-state index in [1.165, 1.54) is 184 Å². The van der Waals surface area contributed by atoms with Crippen molar-refractivity contribution in [1.82, 2.24) is 5.32 Å². The van der Waals surface area contributed by atoms with Gasteiger partial charge in [0.15, 0.2) is 0 Å². The van der Waals surface area contributed by atoms with Crippen molar-refractivity contribution >= 4 is 0 Å². The number of fused-ring (bicyclic) bond motifs is 3. The third-order valence-corrected chi connectivity index (χ3v) is 10.4. The number of hydrogen-bond donors (Lipinski definition) is 1. The van der Waals surface area contributed by atoms with Crippen LogP contribution in [0, 0.1) is 11.8 Å². The summed E-state index contributed by atoms with van der Waals surface area (Å²) in [6.45, 7) is 18.9. The first-order valence-corrected chi connectivity index (χ1v) is 16.1. The summed E-state index contributed by atoms with van der Waals surface area (Å²) in [4.78, 5) is 0. The van der Waals surface area contributed by atoms with Crippen LogP contribution in [0.25, 0.3) is 0 Å². The molecule has 4 heterocycles. The van der Waals surface area contributed by atoms with E-state index in [4.69, 9.17) is 0 Å². The number of quaternary nitrogens is 2. The molecule has 4 saturated heterocycles. The van der Waals surface area contributed by atoms with Crippen LogP contribution in [0.15, 0.2) is 0 Å². The monoisotopic (exact) mass is 478 g/mol. The average molecular weight is 478 g/mol. The van der Waals surface area contributed by atoms with Gasteiger partial charge in [0.2, 0.25) is 0 Å². The highest BCUT2D eigenvalue weighted by Crippen LogP contribution is 2.34. The van der Waals surface area contributed by atoms with Crippen molar-refractivity contribution in [1.29, 1.82) is 0 Å². The highest BCUT2D eigenvalue weighted by atomic mass is 15.4. The molecule has 1 unspecified atom stereocenters. The first-order valence-electron chi connectivity index (χ1n) is 16.1. The Bertz CT molecular complexity index is 491. The molecule has 4 aliphatic rings. The molecule has 3 nitrogen and oxygen atoms in total. The van der Waals surface area contributed by atoms with Crippen LogP contribution in [0.1, 0.15) is 123 Å². The van der Waals surface area contributed by atoms with Gasteiger partial charge in [-0.25, -0.2) is 0 Å². The number of likely N-dealkylation sites (N-methyl/N-ethyl adjacent to an activating group) is 1. The molecule has 0 spiro atoms. The fourth-order valence-electron chi connectivity index (χ4n) is 7.48. The SMILES string of the molecule is CC[N+]1(CCCCCCCCCCC(C)CCCCCC[N+]23CCC(CC2)CC3)CCNCC1. The second-order valence-corrected chi connectivity index (χ2v) is 13.0. The van der Waals surface area contributed by atoms with Crippen LogP contribution < -0.4 is 5.32 Å². The number of hydrogen-bond acceptors (Lipinski definition) is 1. The Morgan fingerprint density at radius 1 is 0.618 bits per heavy atom. The van der Waals surface area contributed by atoms with Gasteiger partial charge in [-0.15, -0.1) is 0 Å². The second kappa shape index (κ2) is 15.9. The second-order valence-electron chi connectivity index (χ2n) is 13.0. The van der Waals surface area contributed by atoms with E-state index in [1.54, 1.807) is 0 Å². The highest BCUT2D eigenvalue weighted by molar-refractivity contribution is 4.71. The smallest absolute Gasteiger partial charge is 0.0913 e. The minimum absolute atomic E-state index is 0.960. The molecule has 2 bridgehead atoms. The number of nitrogens with one attached hydrogen (secondary N) is 1. The predicted octanol–water partition coefficient (Wildman–Crippen LogP) is 7.15. The van der Waals surface area contributed by atoms with E-state index in [0.29, 0.717) is 0 Å². The lowest BCUT2D eigenvalue weighted by molar-refractivity contribution is -0.942. The average Bonchev–Trinajstić information content (AvgIpc) is 2.89. The van der Waals surface area contributed by atoms with Gasteiger partial charge in [0.1, 0.15) is 0 Å². The number of nitrogens with zero attached hydrogens (tertiary/aromatic N) is 2. The molecule has 200 valence electrons. The Balaban J connectivity index is 1.05. The van der Waals surface area contributed by atoms with E-state index in [1.807, 2.05) is 0 Å². The molecule has 1 atom stereocenters. The van der Waals surface area contributed by atoms with Gasteiger partial charge in [-0.05, 0) is 63.7 Å². The van der Waals surface area contributed by atoms with E-state index in [-0.39, 0.29) is 0 Å². The molecule has 0 saturated carbocycles. The van der Waals surface area contributed by atoms with Crippen molar-refractivity contribution in [2.45, 2.75) is 123 Å². The molecule has 34 heavy (non-hydrogen) atoms. The minimum Gasteiger partial charge on any atom is -0.324 e. The Morgan fingerprint density at radius 3 is 1.62 bits per heavy atom. The lowest BCUT2D eigenvalue weighted by Crippen LogP contribution is -2.58. The van der Waals surface area contributed by atoms with Crippen molar-refractivity contribution in [2.24, 2.45) is 11.8 Å². The molecule has 0 aromatic heterocycles. The van der Waals surface area contributed by atoms with Gasteiger partial charge in [-0.3, -0.25) is 0 Å². The van der Waals surface area contributed by atoms with E-state index in [9.17, 15) is 0 Å². The topological polar surface area (TPSA) is 12.0 Å². The zero-order valence-electron chi connectivity index (χ0n) is 23.6. The first-order chi connectivity index (χ1) is 16.7. The molecular weight excluding hydrogens is 414 g/mol. The summed E-state index contributed by atoms with van der Waals surface area (Å²) in [5.74, 6) is 2.07. The van der Waals surface area contributed by atoms with Gasteiger partial charge in [-0.1, -0.05) is 71.1 Å². The van der Waals surface area contributed by atoms with Crippen LogP contribution in [0.4, 0.5) is 0 Å². The third-order valence-electron chi connectivity index (χ3n) is 10.4. The van der Waals surface area contributed by atoms with E-state index >= 15 is 0 Å². The maximum absolute atomic E-state index is 3.53. The Hall–Kier alpha value is -0.120. The van der Waals surface area contributed by atoms with Crippen LogP contribution in [-0.4, -0.2) is 74.4 Å². The molecule has 3 heteroatoms. The van der Waals surface area contributed by atoms with Crippen molar-refractivity contribution in [3.8, 4) is 0 Å². The molecule has 0 radical (unpaired) electrons. The summed E-state index contributed by atoms with van der Waals surface area (Å²) in [6, 6.07) is 0. The summed E-state index contributed by atoms with van der Waals surface area (Å²) < 4.78 is 2.88. The van der Waals surface area contributed by atoms with Gasteiger partial charge in [0, 0.05) is 13.1 Å². The van der Waals surface area contributed by atoms with Crippen LogP contribution >= 0.6 is 0 Å². The standard InChI is InChI=1S/C31H63N3/c1-3-33(28-21-32-22-29-33)23-14-10-7-5-4-6-8-12-16-30(2)17-13-9-11-15-24-34-25-18-31(19-26-34)20-27-34/h30-32H,3-29H2,1-2H3/q+2. The Labute approximate surface area is 214 Å². The van der Waals surface area contributed by atoms with Crippen LogP contribution in [0.2, 0.25) is 0 Å². The van der Waals surface area contributed by atoms with Crippen LogP contribution in [0.3, 0.4) is 0 Å². The molecular formula is C31H63N3+2. The maximum atomic E-state index is 3.53. The molecule has 0 aliphatic carbocycles. The van der Waals surface area contributed by atoms with Gasteiger partial charge in [-0.2, -0.15) is 0 Å². The molecule has 4 fully saturated rings. The number of piperidine rings is 3. The summed E-state index contributed by atoms with van der Waals surface area (Å²) in [6.07, 6.45) is 25.3. The van der Waals surface area contributed by atoms with Gasteiger partial charge >= 0.3 is 0 Å². The largest absolute Gasteiger partial charge is 0.324 e. The fourth-order valence-corrected chi connectivity index (χ4v) is 7.48. The maximum Gasteiger partial charge on any atom is 0.0913 e. The summed E-state index contributed by atoms with van der Waals surface area (Å²) in [5, 5.41) is 3.53. The van der Waals surface area contributed by atoms with Crippen molar-refractivity contribution in [2.75, 3.05) is 65.4 Å². The summed E-state index contributed by atoms with van der Waals surface area (Å²) in [5.41, 5.74) is 0. The van der Waals surface area contributed by atoms with Crippen LogP contribution in [0.5, 0.6) is 0 Å². The number of piperazine rings is 1. The zero-order valence-corrected chi connectivity index (χ0v) is 23.6. The Morgan fingerprint density at radius 2 is 1.09 bits per heavy atom. The van der Waals surface area contributed by atoms with Gasteiger partial charge < -0.3 is 14.3 Å². The van der Waals surface area contributed by atoms with Crippen molar-refractivity contribution in [3.05, 3.63) is 0 Å². The van der Waals surface area contributed by atoms with E-state index in [0.717, 1.165) is 11.8 Å². The lowest BCUT2D eigenvalue weighted by Gasteiger charge is -2.49. The number of rotatable bonds is 19. The molecule has 0 aromatic rings. The minimum atomic E-state index is 0.960.